The molecule has 0 aliphatic rings. The lowest BCUT2D eigenvalue weighted by atomic mass is 10.0. The lowest BCUT2D eigenvalue weighted by Crippen LogP contribution is -2.16. The molecule has 0 saturated heterocycles. The highest BCUT2D eigenvalue weighted by Gasteiger charge is 2.07. The van der Waals surface area contributed by atoms with Gasteiger partial charge in [0, 0.05) is 23.8 Å². The Bertz CT molecular complexity index is 331. The van der Waals surface area contributed by atoms with Crippen molar-refractivity contribution in [3.63, 3.8) is 0 Å². The van der Waals surface area contributed by atoms with Crippen LogP contribution in [0.25, 0.3) is 0 Å². The van der Waals surface area contributed by atoms with Crippen molar-refractivity contribution < 1.29 is 5.11 Å². The molecule has 0 fully saturated rings. The van der Waals surface area contributed by atoms with Crippen LogP contribution < -0.4 is 5.32 Å². The van der Waals surface area contributed by atoms with Gasteiger partial charge in [0.25, 0.3) is 0 Å². The Hall–Kier alpha value is -0.610. The van der Waals surface area contributed by atoms with Gasteiger partial charge in [0.15, 0.2) is 0 Å². The van der Waals surface area contributed by atoms with Crippen molar-refractivity contribution in [3.05, 3.63) is 22.3 Å². The van der Waals surface area contributed by atoms with Crippen LogP contribution in [0.4, 0.5) is 5.82 Å². The third-order valence-electron chi connectivity index (χ3n) is 2.72. The molecule has 4 heteroatoms. The summed E-state index contributed by atoms with van der Waals surface area (Å²) in [5.41, 5.74) is 1.13. The van der Waals surface area contributed by atoms with Crippen molar-refractivity contribution in [2.75, 3.05) is 18.5 Å². The van der Waals surface area contributed by atoms with E-state index in [0.29, 0.717) is 5.92 Å². The molecule has 0 aromatic carbocycles. The van der Waals surface area contributed by atoms with Crippen LogP contribution in [0.3, 0.4) is 0 Å². The van der Waals surface area contributed by atoms with Crippen LogP contribution in [0.1, 0.15) is 25.3 Å². The monoisotopic (exact) mass is 286 g/mol. The molecule has 90 valence electrons. The van der Waals surface area contributed by atoms with Crippen LogP contribution in [0, 0.1) is 12.8 Å². The number of aliphatic hydroxyl groups excluding tert-OH is 1. The molecule has 0 radical (unpaired) electrons. The van der Waals surface area contributed by atoms with Crippen molar-refractivity contribution >= 4 is 21.7 Å². The minimum Gasteiger partial charge on any atom is -0.396 e. The first-order valence-corrected chi connectivity index (χ1v) is 6.43. The molecule has 2 N–H and O–H groups in total. The predicted molar refractivity (Wildman–Crippen MR) is 70.6 cm³/mol. The van der Waals surface area contributed by atoms with Gasteiger partial charge in [-0.3, -0.25) is 0 Å². The summed E-state index contributed by atoms with van der Waals surface area (Å²) in [6, 6.07) is 2.04. The number of hydrogen-bond acceptors (Lipinski definition) is 3. The molecule has 1 rings (SSSR count). The second-order valence-corrected chi connectivity index (χ2v) is 4.90. The van der Waals surface area contributed by atoms with E-state index in [9.17, 15) is 0 Å². The number of aryl methyl sites for hydroxylation is 1. The average Bonchev–Trinajstić information content (AvgIpc) is 2.26. The minimum absolute atomic E-state index is 0.257. The molecule has 1 aromatic rings. The topological polar surface area (TPSA) is 45.1 Å². The van der Waals surface area contributed by atoms with Gasteiger partial charge in [-0.25, -0.2) is 4.98 Å². The van der Waals surface area contributed by atoms with Crippen molar-refractivity contribution in [1.29, 1.82) is 0 Å². The van der Waals surface area contributed by atoms with Crippen LogP contribution in [0.5, 0.6) is 0 Å². The second-order valence-electron chi connectivity index (χ2n) is 3.99. The van der Waals surface area contributed by atoms with E-state index in [0.717, 1.165) is 35.2 Å². The summed E-state index contributed by atoms with van der Waals surface area (Å²) >= 11 is 3.39. The van der Waals surface area contributed by atoms with E-state index in [1.807, 2.05) is 13.0 Å². The molecule has 0 spiro atoms. The maximum absolute atomic E-state index is 8.91. The zero-order chi connectivity index (χ0) is 12.0. The van der Waals surface area contributed by atoms with Crippen molar-refractivity contribution in [2.45, 2.75) is 26.7 Å². The highest BCUT2D eigenvalue weighted by molar-refractivity contribution is 9.10. The van der Waals surface area contributed by atoms with Crippen LogP contribution in [0.15, 0.2) is 16.7 Å². The average molecular weight is 287 g/mol. The number of nitrogens with zero attached hydrogens (tertiary/aromatic N) is 1. The number of anilines is 1. The Morgan fingerprint density at radius 3 is 2.88 bits per heavy atom. The van der Waals surface area contributed by atoms with E-state index in [-0.39, 0.29) is 6.61 Å². The molecule has 0 aliphatic heterocycles. The van der Waals surface area contributed by atoms with Gasteiger partial charge < -0.3 is 10.4 Å². The molecular weight excluding hydrogens is 268 g/mol. The first-order chi connectivity index (χ1) is 7.67. The second kappa shape index (κ2) is 6.86. The Labute approximate surface area is 105 Å². The van der Waals surface area contributed by atoms with Crippen LogP contribution in [0.2, 0.25) is 0 Å². The van der Waals surface area contributed by atoms with Crippen LogP contribution in [-0.4, -0.2) is 23.2 Å². The van der Waals surface area contributed by atoms with Gasteiger partial charge in [-0.05, 0) is 46.8 Å². The lowest BCUT2D eigenvalue weighted by Gasteiger charge is -2.15. The Morgan fingerprint density at radius 1 is 1.56 bits per heavy atom. The number of rotatable bonds is 6. The third kappa shape index (κ3) is 4.10. The normalized spacial score (nSPS) is 12.5. The summed E-state index contributed by atoms with van der Waals surface area (Å²) in [6.45, 7) is 5.30. The quantitative estimate of drug-likeness (QED) is 0.845. The van der Waals surface area contributed by atoms with E-state index in [2.05, 4.69) is 33.2 Å². The maximum atomic E-state index is 8.91. The fraction of sp³-hybridized carbons (Fsp3) is 0.583. The van der Waals surface area contributed by atoms with E-state index in [1.54, 1.807) is 6.20 Å². The summed E-state index contributed by atoms with van der Waals surface area (Å²) < 4.78 is 0.998. The molecule has 16 heavy (non-hydrogen) atoms. The Balaban J connectivity index is 2.53. The van der Waals surface area contributed by atoms with Gasteiger partial charge in [-0.2, -0.15) is 0 Å². The SMILES string of the molecule is CCC(CCO)CNc1ncc(Br)cc1C. The van der Waals surface area contributed by atoms with Gasteiger partial charge in [-0.1, -0.05) is 13.3 Å². The zero-order valence-corrected chi connectivity index (χ0v) is 11.4. The molecule has 0 aliphatic carbocycles. The number of hydrogen-bond donors (Lipinski definition) is 2. The standard InChI is InChI=1S/C12H19BrN2O/c1-3-10(4-5-16)7-14-12-9(2)6-11(13)8-15-12/h6,8,10,16H,3-5,7H2,1-2H3,(H,14,15). The number of halogens is 1. The van der Waals surface area contributed by atoms with Crippen molar-refractivity contribution in [1.82, 2.24) is 4.98 Å². The number of aliphatic hydroxyl groups is 1. The molecule has 3 nitrogen and oxygen atoms in total. The Morgan fingerprint density at radius 2 is 2.31 bits per heavy atom. The van der Waals surface area contributed by atoms with Crippen LogP contribution >= 0.6 is 15.9 Å². The number of nitrogens with one attached hydrogen (secondary N) is 1. The number of pyridine rings is 1. The molecule has 1 aromatic heterocycles. The maximum Gasteiger partial charge on any atom is 0.128 e. The van der Waals surface area contributed by atoms with E-state index < -0.39 is 0 Å². The fourth-order valence-corrected chi connectivity index (χ4v) is 2.05. The lowest BCUT2D eigenvalue weighted by molar-refractivity contribution is 0.258. The first-order valence-electron chi connectivity index (χ1n) is 5.64. The number of aromatic nitrogens is 1. The van der Waals surface area contributed by atoms with Gasteiger partial charge in [0.05, 0.1) is 0 Å². The van der Waals surface area contributed by atoms with Gasteiger partial charge in [0.1, 0.15) is 5.82 Å². The molecule has 1 atom stereocenters. The first kappa shape index (κ1) is 13.5. The zero-order valence-electron chi connectivity index (χ0n) is 9.83. The predicted octanol–water partition coefficient (Wildman–Crippen LogP) is 2.97. The molecule has 1 unspecified atom stereocenters. The smallest absolute Gasteiger partial charge is 0.128 e. The molecular formula is C12H19BrN2O. The van der Waals surface area contributed by atoms with Crippen molar-refractivity contribution in [3.8, 4) is 0 Å². The Kier molecular flexibility index (Phi) is 5.77. The highest BCUT2D eigenvalue weighted by atomic mass is 79.9. The summed E-state index contributed by atoms with van der Waals surface area (Å²) in [5.74, 6) is 1.44. The van der Waals surface area contributed by atoms with E-state index in [4.69, 9.17) is 5.11 Å². The van der Waals surface area contributed by atoms with Gasteiger partial charge >= 0.3 is 0 Å². The van der Waals surface area contributed by atoms with Gasteiger partial charge in [0.2, 0.25) is 0 Å². The largest absolute Gasteiger partial charge is 0.396 e. The molecule has 0 amide bonds. The molecule has 0 bridgehead atoms. The van der Waals surface area contributed by atoms with Gasteiger partial charge in [-0.15, -0.1) is 0 Å². The van der Waals surface area contributed by atoms with Crippen LogP contribution in [-0.2, 0) is 0 Å². The third-order valence-corrected chi connectivity index (χ3v) is 3.15. The summed E-state index contributed by atoms with van der Waals surface area (Å²) in [5, 5.41) is 12.2. The fourth-order valence-electron chi connectivity index (χ4n) is 1.60. The van der Waals surface area contributed by atoms with E-state index in [1.165, 1.54) is 0 Å². The minimum atomic E-state index is 0.257. The summed E-state index contributed by atoms with van der Waals surface area (Å²) in [6.07, 6.45) is 3.71. The molecule has 1 heterocycles. The highest BCUT2D eigenvalue weighted by Crippen LogP contribution is 2.17. The summed E-state index contributed by atoms with van der Waals surface area (Å²) in [7, 11) is 0. The van der Waals surface area contributed by atoms with E-state index >= 15 is 0 Å². The summed E-state index contributed by atoms with van der Waals surface area (Å²) in [4.78, 5) is 4.32. The van der Waals surface area contributed by atoms with Crippen molar-refractivity contribution in [2.24, 2.45) is 5.92 Å². The molecule has 0 saturated carbocycles.